The topological polar surface area (TPSA) is 63.4 Å². The van der Waals surface area contributed by atoms with Gasteiger partial charge in [-0.15, -0.1) is 0 Å². The molecule has 0 saturated heterocycles. The lowest BCUT2D eigenvalue weighted by molar-refractivity contribution is 0.392. The van der Waals surface area contributed by atoms with Gasteiger partial charge in [-0.2, -0.15) is 0 Å². The molecule has 0 aromatic rings. The van der Waals surface area contributed by atoms with Gasteiger partial charge in [0.2, 0.25) is 10.0 Å². The standard InChI is InChI=1S/C10H24N2O2S/c1-5-7-12(8-6-11)15(13,14)9-10(2,3)4/h5-9,11H2,1-4H3. The predicted molar refractivity (Wildman–Crippen MR) is 64.2 cm³/mol. The smallest absolute Gasteiger partial charge is 0.214 e. The molecular weight excluding hydrogens is 212 g/mol. The molecule has 0 heterocycles. The lowest BCUT2D eigenvalue weighted by atomic mass is 10.0. The number of nitrogens with zero attached hydrogens (tertiary/aromatic N) is 1. The highest BCUT2D eigenvalue weighted by Crippen LogP contribution is 2.18. The zero-order chi connectivity index (χ0) is 12.1. The van der Waals surface area contributed by atoms with Crippen LogP contribution in [-0.2, 0) is 10.0 Å². The molecule has 0 aliphatic heterocycles. The van der Waals surface area contributed by atoms with E-state index in [0.717, 1.165) is 6.42 Å². The molecule has 0 atom stereocenters. The van der Waals surface area contributed by atoms with Crippen molar-refractivity contribution in [1.29, 1.82) is 0 Å². The Hall–Kier alpha value is -0.130. The number of sulfonamides is 1. The summed E-state index contributed by atoms with van der Waals surface area (Å²) in [5, 5.41) is 0. The summed E-state index contributed by atoms with van der Waals surface area (Å²) in [7, 11) is -3.15. The molecular formula is C10H24N2O2S. The van der Waals surface area contributed by atoms with Gasteiger partial charge in [-0.1, -0.05) is 27.7 Å². The molecule has 0 aromatic heterocycles. The second-order valence-electron chi connectivity index (χ2n) is 5.00. The summed E-state index contributed by atoms with van der Waals surface area (Å²) in [5.41, 5.74) is 5.21. The summed E-state index contributed by atoms with van der Waals surface area (Å²) in [5.74, 6) is 0.181. The molecule has 0 spiro atoms. The van der Waals surface area contributed by atoms with E-state index in [4.69, 9.17) is 5.73 Å². The minimum atomic E-state index is -3.15. The van der Waals surface area contributed by atoms with Gasteiger partial charge in [-0.05, 0) is 11.8 Å². The minimum absolute atomic E-state index is 0.181. The third-order valence-corrected chi connectivity index (χ3v) is 4.24. The number of hydrogen-bond acceptors (Lipinski definition) is 3. The van der Waals surface area contributed by atoms with E-state index < -0.39 is 10.0 Å². The van der Waals surface area contributed by atoms with Crippen molar-refractivity contribution in [3.05, 3.63) is 0 Å². The Kier molecular flexibility index (Phi) is 5.77. The first-order chi connectivity index (χ1) is 6.73. The van der Waals surface area contributed by atoms with Crippen LogP contribution in [0.4, 0.5) is 0 Å². The van der Waals surface area contributed by atoms with Crippen LogP contribution in [0.25, 0.3) is 0 Å². The molecule has 0 fully saturated rings. The van der Waals surface area contributed by atoms with E-state index in [2.05, 4.69) is 0 Å². The van der Waals surface area contributed by atoms with Gasteiger partial charge in [-0.3, -0.25) is 0 Å². The lowest BCUT2D eigenvalue weighted by Crippen LogP contribution is -2.40. The van der Waals surface area contributed by atoms with Crippen LogP contribution in [0.15, 0.2) is 0 Å². The van der Waals surface area contributed by atoms with Gasteiger partial charge < -0.3 is 5.73 Å². The van der Waals surface area contributed by atoms with Crippen molar-refractivity contribution in [3.63, 3.8) is 0 Å². The molecule has 0 aliphatic carbocycles. The molecule has 0 aliphatic rings. The van der Waals surface area contributed by atoms with Crippen LogP contribution in [0.2, 0.25) is 0 Å². The van der Waals surface area contributed by atoms with E-state index in [9.17, 15) is 8.42 Å². The molecule has 92 valence electrons. The molecule has 5 heteroatoms. The van der Waals surface area contributed by atoms with Gasteiger partial charge in [0, 0.05) is 19.6 Å². The SMILES string of the molecule is CCCN(CCN)S(=O)(=O)CC(C)(C)C. The van der Waals surface area contributed by atoms with Crippen molar-refractivity contribution < 1.29 is 8.42 Å². The largest absolute Gasteiger partial charge is 0.329 e. The third kappa shape index (κ3) is 6.12. The van der Waals surface area contributed by atoms with Crippen molar-refractivity contribution in [1.82, 2.24) is 4.31 Å². The van der Waals surface area contributed by atoms with Crippen LogP contribution in [-0.4, -0.2) is 38.1 Å². The molecule has 0 radical (unpaired) electrons. The molecule has 0 rings (SSSR count). The molecule has 2 N–H and O–H groups in total. The quantitative estimate of drug-likeness (QED) is 0.749. The van der Waals surface area contributed by atoms with Crippen molar-refractivity contribution in [2.45, 2.75) is 34.1 Å². The normalized spacial score (nSPS) is 13.5. The average molecular weight is 236 g/mol. The first kappa shape index (κ1) is 14.9. The molecule has 0 saturated carbocycles. The van der Waals surface area contributed by atoms with Crippen LogP contribution in [0.1, 0.15) is 34.1 Å². The zero-order valence-electron chi connectivity index (χ0n) is 10.3. The van der Waals surface area contributed by atoms with E-state index in [1.54, 1.807) is 0 Å². The fraction of sp³-hybridized carbons (Fsp3) is 1.00. The van der Waals surface area contributed by atoms with E-state index in [1.807, 2.05) is 27.7 Å². The fourth-order valence-electron chi connectivity index (χ4n) is 1.42. The Morgan fingerprint density at radius 3 is 2.07 bits per heavy atom. The van der Waals surface area contributed by atoms with Gasteiger partial charge in [0.25, 0.3) is 0 Å². The van der Waals surface area contributed by atoms with Crippen LogP contribution < -0.4 is 5.73 Å². The highest BCUT2D eigenvalue weighted by Gasteiger charge is 2.26. The van der Waals surface area contributed by atoms with Gasteiger partial charge in [0.15, 0.2) is 0 Å². The van der Waals surface area contributed by atoms with Crippen molar-refractivity contribution >= 4 is 10.0 Å². The Balaban J connectivity index is 4.64. The van der Waals surface area contributed by atoms with Crippen molar-refractivity contribution in [2.75, 3.05) is 25.4 Å². The molecule has 0 bridgehead atoms. The van der Waals surface area contributed by atoms with Gasteiger partial charge in [0.05, 0.1) is 5.75 Å². The van der Waals surface area contributed by atoms with E-state index >= 15 is 0 Å². The number of rotatable bonds is 6. The van der Waals surface area contributed by atoms with Crippen LogP contribution >= 0.6 is 0 Å². The Morgan fingerprint density at radius 1 is 1.20 bits per heavy atom. The maximum atomic E-state index is 12.0. The zero-order valence-corrected chi connectivity index (χ0v) is 11.1. The highest BCUT2D eigenvalue weighted by atomic mass is 32.2. The molecule has 15 heavy (non-hydrogen) atoms. The van der Waals surface area contributed by atoms with E-state index in [1.165, 1.54) is 4.31 Å². The Morgan fingerprint density at radius 2 is 1.73 bits per heavy atom. The maximum absolute atomic E-state index is 12.0. The van der Waals surface area contributed by atoms with Crippen LogP contribution in [0.5, 0.6) is 0 Å². The van der Waals surface area contributed by atoms with Gasteiger partial charge >= 0.3 is 0 Å². The Bertz CT molecular complexity index is 262. The second-order valence-corrected chi connectivity index (χ2v) is 6.97. The monoisotopic (exact) mass is 236 g/mol. The van der Waals surface area contributed by atoms with Crippen molar-refractivity contribution in [3.8, 4) is 0 Å². The summed E-state index contributed by atoms with van der Waals surface area (Å²) in [6.45, 7) is 9.12. The second kappa shape index (κ2) is 5.82. The molecule has 0 unspecified atom stereocenters. The fourth-order valence-corrected chi connectivity index (χ4v) is 3.54. The summed E-state index contributed by atoms with van der Waals surface area (Å²) in [6.07, 6.45) is 0.823. The molecule has 4 nitrogen and oxygen atoms in total. The first-order valence-electron chi connectivity index (χ1n) is 5.41. The third-order valence-electron chi connectivity index (χ3n) is 1.86. The number of hydrogen-bond donors (Lipinski definition) is 1. The summed E-state index contributed by atoms with van der Waals surface area (Å²) in [4.78, 5) is 0. The summed E-state index contributed by atoms with van der Waals surface area (Å²) >= 11 is 0. The van der Waals surface area contributed by atoms with E-state index in [0.29, 0.717) is 19.6 Å². The number of nitrogens with two attached hydrogens (primary N) is 1. The minimum Gasteiger partial charge on any atom is -0.329 e. The van der Waals surface area contributed by atoms with Crippen molar-refractivity contribution in [2.24, 2.45) is 11.1 Å². The summed E-state index contributed by atoms with van der Waals surface area (Å²) < 4.78 is 25.5. The predicted octanol–water partition coefficient (Wildman–Crippen LogP) is 1.03. The van der Waals surface area contributed by atoms with Crippen LogP contribution in [0.3, 0.4) is 0 Å². The molecule has 0 aromatic carbocycles. The first-order valence-corrected chi connectivity index (χ1v) is 7.02. The Labute approximate surface area is 93.9 Å². The van der Waals surface area contributed by atoms with Gasteiger partial charge in [0.1, 0.15) is 0 Å². The highest BCUT2D eigenvalue weighted by molar-refractivity contribution is 7.89. The van der Waals surface area contributed by atoms with Gasteiger partial charge in [-0.25, -0.2) is 12.7 Å². The maximum Gasteiger partial charge on any atom is 0.214 e. The summed E-state index contributed by atoms with van der Waals surface area (Å²) in [6, 6.07) is 0. The average Bonchev–Trinajstić information content (AvgIpc) is 1.99. The van der Waals surface area contributed by atoms with Crippen LogP contribution in [0, 0.1) is 5.41 Å². The molecule has 0 amide bonds. The lowest BCUT2D eigenvalue weighted by Gasteiger charge is -2.26. The van der Waals surface area contributed by atoms with E-state index in [-0.39, 0.29) is 11.2 Å².